The zero-order valence-corrected chi connectivity index (χ0v) is 9.28. The van der Waals surface area contributed by atoms with Crippen LogP contribution in [0.25, 0.3) is 0 Å². The summed E-state index contributed by atoms with van der Waals surface area (Å²) in [6.07, 6.45) is 2.98. The normalized spacial score (nSPS) is 19.1. The summed E-state index contributed by atoms with van der Waals surface area (Å²) in [5.41, 5.74) is 0.368. The van der Waals surface area contributed by atoms with E-state index in [1.54, 1.807) is 0 Å². The average Bonchev–Trinajstić information content (AvgIpc) is 2.10. The molecule has 0 amide bonds. The van der Waals surface area contributed by atoms with Gasteiger partial charge in [0.25, 0.3) is 0 Å². The number of alkyl halides is 1. The lowest BCUT2D eigenvalue weighted by Crippen LogP contribution is -2.36. The molecule has 0 saturated heterocycles. The summed E-state index contributed by atoms with van der Waals surface area (Å²) in [6.45, 7) is 0. The van der Waals surface area contributed by atoms with Gasteiger partial charge in [0.1, 0.15) is 11.6 Å². The van der Waals surface area contributed by atoms with Crippen LogP contribution in [0.5, 0.6) is 0 Å². The molecule has 0 atom stereocenters. The quantitative estimate of drug-likeness (QED) is 0.710. The van der Waals surface area contributed by atoms with E-state index in [4.69, 9.17) is 0 Å². The van der Waals surface area contributed by atoms with Gasteiger partial charge in [-0.1, -0.05) is 22.4 Å². The van der Waals surface area contributed by atoms with Gasteiger partial charge < -0.3 is 0 Å². The Hall–Kier alpha value is -0.440. The van der Waals surface area contributed by atoms with Crippen molar-refractivity contribution in [1.82, 2.24) is 0 Å². The van der Waals surface area contributed by atoms with E-state index in [1.807, 2.05) is 0 Å². The summed E-state index contributed by atoms with van der Waals surface area (Å²) in [6, 6.07) is 3.71. The molecule has 0 nitrogen and oxygen atoms in total. The summed E-state index contributed by atoms with van der Waals surface area (Å²) in [5, 5.41) is 0.709. The lowest BCUT2D eigenvalue weighted by atomic mass is 9.66. The first-order chi connectivity index (χ1) is 6.68. The van der Waals surface area contributed by atoms with Crippen molar-refractivity contribution >= 4 is 15.9 Å². The molecule has 0 bridgehead atoms. The molecule has 76 valence electrons. The van der Waals surface area contributed by atoms with Crippen molar-refractivity contribution in [2.24, 2.45) is 0 Å². The Labute approximate surface area is 90.4 Å². The van der Waals surface area contributed by atoms with Gasteiger partial charge in [-0.3, -0.25) is 0 Å². The van der Waals surface area contributed by atoms with E-state index in [2.05, 4.69) is 15.9 Å². The smallest absolute Gasteiger partial charge is 0.127 e. The van der Waals surface area contributed by atoms with Crippen LogP contribution < -0.4 is 0 Å². The van der Waals surface area contributed by atoms with Crippen LogP contribution >= 0.6 is 15.9 Å². The summed E-state index contributed by atoms with van der Waals surface area (Å²) in [5.74, 6) is -0.640. The SMILES string of the molecule is Fc1ccc(F)c(C2(CBr)CCC2)c1. The zero-order valence-electron chi connectivity index (χ0n) is 7.69. The molecule has 0 unspecified atom stereocenters. The van der Waals surface area contributed by atoms with Crippen molar-refractivity contribution in [1.29, 1.82) is 0 Å². The molecule has 0 spiro atoms. The maximum Gasteiger partial charge on any atom is 0.127 e. The third kappa shape index (κ3) is 1.48. The predicted octanol–water partition coefficient (Wildman–Crippen LogP) is 3.78. The maximum absolute atomic E-state index is 13.5. The van der Waals surface area contributed by atoms with Gasteiger partial charge in [-0.05, 0) is 36.6 Å². The number of hydrogen-bond acceptors (Lipinski definition) is 0. The highest BCUT2D eigenvalue weighted by Gasteiger charge is 2.39. The molecule has 1 fully saturated rings. The molecule has 0 aliphatic heterocycles. The van der Waals surface area contributed by atoms with E-state index < -0.39 is 0 Å². The van der Waals surface area contributed by atoms with Gasteiger partial charge in [0.15, 0.2) is 0 Å². The minimum atomic E-state index is -0.353. The molecule has 0 radical (unpaired) electrons. The monoisotopic (exact) mass is 260 g/mol. The summed E-state index contributed by atoms with van der Waals surface area (Å²) < 4.78 is 26.5. The Morgan fingerprint density at radius 1 is 1.29 bits per heavy atom. The summed E-state index contributed by atoms with van der Waals surface area (Å²) in [4.78, 5) is 0. The van der Waals surface area contributed by atoms with Crippen molar-refractivity contribution in [3.8, 4) is 0 Å². The second-order valence-electron chi connectivity index (χ2n) is 3.89. The molecule has 1 aromatic rings. The van der Waals surface area contributed by atoms with Crippen molar-refractivity contribution < 1.29 is 8.78 Å². The minimum Gasteiger partial charge on any atom is -0.207 e. The molecule has 0 N–H and O–H groups in total. The number of halogens is 3. The molecule has 1 saturated carbocycles. The Kier molecular flexibility index (Phi) is 2.60. The van der Waals surface area contributed by atoms with Crippen molar-refractivity contribution in [2.45, 2.75) is 24.7 Å². The van der Waals surface area contributed by atoms with Gasteiger partial charge in [0, 0.05) is 10.7 Å². The fourth-order valence-corrected chi connectivity index (χ4v) is 2.85. The van der Waals surface area contributed by atoms with Gasteiger partial charge in [-0.25, -0.2) is 8.78 Å². The van der Waals surface area contributed by atoms with Crippen molar-refractivity contribution in [2.75, 3.05) is 5.33 Å². The first-order valence-corrected chi connectivity index (χ1v) is 5.82. The van der Waals surface area contributed by atoms with E-state index >= 15 is 0 Å². The van der Waals surface area contributed by atoms with Crippen LogP contribution in [-0.4, -0.2) is 5.33 Å². The van der Waals surface area contributed by atoms with Crippen LogP contribution in [0.4, 0.5) is 8.78 Å². The van der Waals surface area contributed by atoms with Crippen LogP contribution in [0, 0.1) is 11.6 Å². The Morgan fingerprint density at radius 3 is 2.50 bits per heavy atom. The lowest BCUT2D eigenvalue weighted by Gasteiger charge is -2.41. The Balaban J connectivity index is 2.43. The fraction of sp³-hybridized carbons (Fsp3) is 0.455. The highest BCUT2D eigenvalue weighted by Crippen LogP contribution is 2.45. The van der Waals surface area contributed by atoms with Gasteiger partial charge in [-0.2, -0.15) is 0 Å². The van der Waals surface area contributed by atoms with E-state index in [1.165, 1.54) is 18.2 Å². The molecule has 1 aromatic carbocycles. The van der Waals surface area contributed by atoms with E-state index in [9.17, 15) is 8.78 Å². The molecule has 1 aliphatic rings. The van der Waals surface area contributed by atoms with Gasteiger partial charge in [0.2, 0.25) is 0 Å². The van der Waals surface area contributed by atoms with Gasteiger partial charge in [0.05, 0.1) is 0 Å². The van der Waals surface area contributed by atoms with Crippen LogP contribution in [0.3, 0.4) is 0 Å². The molecule has 3 heteroatoms. The van der Waals surface area contributed by atoms with Gasteiger partial charge >= 0.3 is 0 Å². The second kappa shape index (κ2) is 3.61. The van der Waals surface area contributed by atoms with Crippen LogP contribution in [-0.2, 0) is 5.41 Å². The second-order valence-corrected chi connectivity index (χ2v) is 4.45. The predicted molar refractivity (Wildman–Crippen MR) is 55.7 cm³/mol. The largest absolute Gasteiger partial charge is 0.207 e. The molecular weight excluding hydrogens is 250 g/mol. The number of benzene rings is 1. The summed E-state index contributed by atoms with van der Waals surface area (Å²) in [7, 11) is 0. The summed E-state index contributed by atoms with van der Waals surface area (Å²) >= 11 is 3.39. The highest BCUT2D eigenvalue weighted by atomic mass is 79.9. The minimum absolute atomic E-state index is 0.161. The first kappa shape index (κ1) is 10.1. The topological polar surface area (TPSA) is 0 Å². The third-order valence-corrected chi connectivity index (χ3v) is 4.14. The van der Waals surface area contributed by atoms with Crippen LogP contribution in [0.15, 0.2) is 18.2 Å². The molecule has 2 rings (SSSR count). The maximum atomic E-state index is 13.5. The molecule has 0 aromatic heterocycles. The van der Waals surface area contributed by atoms with Crippen LogP contribution in [0.1, 0.15) is 24.8 Å². The number of hydrogen-bond donors (Lipinski definition) is 0. The fourth-order valence-electron chi connectivity index (χ4n) is 1.98. The molecular formula is C11H11BrF2. The molecule has 0 heterocycles. The van der Waals surface area contributed by atoms with E-state index in [0.29, 0.717) is 10.9 Å². The van der Waals surface area contributed by atoms with E-state index in [0.717, 1.165) is 19.3 Å². The third-order valence-electron chi connectivity index (χ3n) is 3.07. The molecule has 14 heavy (non-hydrogen) atoms. The van der Waals surface area contributed by atoms with Crippen LogP contribution in [0.2, 0.25) is 0 Å². The lowest BCUT2D eigenvalue weighted by molar-refractivity contribution is 0.270. The molecule has 1 aliphatic carbocycles. The standard InChI is InChI=1S/C11H11BrF2/c12-7-11(4-1-5-11)9-6-8(13)2-3-10(9)14/h2-3,6H,1,4-5,7H2. The zero-order chi connectivity index (χ0) is 10.2. The Bertz CT molecular complexity index is 340. The number of rotatable bonds is 2. The average molecular weight is 261 g/mol. The Morgan fingerprint density at radius 2 is 2.00 bits per heavy atom. The highest BCUT2D eigenvalue weighted by molar-refractivity contribution is 9.09. The van der Waals surface area contributed by atoms with E-state index in [-0.39, 0.29) is 17.0 Å². The van der Waals surface area contributed by atoms with Gasteiger partial charge in [-0.15, -0.1) is 0 Å². The van der Waals surface area contributed by atoms with Crippen molar-refractivity contribution in [3.05, 3.63) is 35.4 Å². The first-order valence-electron chi connectivity index (χ1n) is 4.69. The van der Waals surface area contributed by atoms with Crippen molar-refractivity contribution in [3.63, 3.8) is 0 Å².